The van der Waals surface area contributed by atoms with Gasteiger partial charge < -0.3 is 15.8 Å². The topological polar surface area (TPSA) is 86.0 Å². The number of hydrogen-bond acceptors (Lipinski definition) is 7. The summed E-state index contributed by atoms with van der Waals surface area (Å²) in [6.45, 7) is 2.38. The van der Waals surface area contributed by atoms with Crippen LogP contribution in [-0.2, 0) is 4.74 Å². The number of hydrogen-bond donors (Lipinski definition) is 2. The number of aromatic nitrogens is 3. The van der Waals surface area contributed by atoms with Crippen LogP contribution in [0.2, 0.25) is 0 Å². The predicted molar refractivity (Wildman–Crippen MR) is 109 cm³/mol. The summed E-state index contributed by atoms with van der Waals surface area (Å²) < 4.78 is 21.3. The lowest BCUT2D eigenvalue weighted by Crippen LogP contribution is -2.13. The largest absolute Gasteiger partial charge is 0.357 e. The van der Waals surface area contributed by atoms with Gasteiger partial charge in [0.25, 0.3) is 0 Å². The van der Waals surface area contributed by atoms with Gasteiger partial charge in [0.05, 0.1) is 26.8 Å². The van der Waals surface area contributed by atoms with E-state index in [1.54, 1.807) is 12.1 Å². The fourth-order valence-electron chi connectivity index (χ4n) is 2.73. The number of nitrogens with one attached hydrogen (secondary N) is 1. The molecule has 9 heteroatoms. The molecular formula is C18H15BrFN5OS. The standard InChI is InChI=1S/C18H15BrFN5OS/c1-2-26-16(21)18-25-13-6-5-12-14(15(13)27-18)17(23-8-22-12)24-11-4-3-9(19)7-10(11)20/h3-8,16H,2,21H2,1H3,(H,22,23,24). The zero-order chi connectivity index (χ0) is 19.0. The summed E-state index contributed by atoms with van der Waals surface area (Å²) in [4.78, 5) is 13.2. The van der Waals surface area contributed by atoms with E-state index in [1.807, 2.05) is 19.1 Å². The first-order valence-corrected chi connectivity index (χ1v) is 9.81. The van der Waals surface area contributed by atoms with Gasteiger partial charge in [-0.3, -0.25) is 0 Å². The number of halogens is 2. The van der Waals surface area contributed by atoms with Crippen molar-refractivity contribution in [2.24, 2.45) is 5.73 Å². The van der Waals surface area contributed by atoms with Crippen LogP contribution in [0.1, 0.15) is 18.2 Å². The Bertz CT molecular complexity index is 1140. The molecule has 1 atom stereocenters. The number of fused-ring (bicyclic) bond motifs is 3. The van der Waals surface area contributed by atoms with E-state index in [1.165, 1.54) is 23.7 Å². The van der Waals surface area contributed by atoms with E-state index >= 15 is 0 Å². The van der Waals surface area contributed by atoms with Crippen LogP contribution in [0.15, 0.2) is 41.1 Å². The van der Waals surface area contributed by atoms with Gasteiger partial charge in [-0.15, -0.1) is 11.3 Å². The van der Waals surface area contributed by atoms with Crippen LogP contribution in [-0.4, -0.2) is 21.6 Å². The fraction of sp³-hybridized carbons (Fsp3) is 0.167. The number of nitrogens with two attached hydrogens (primary N) is 1. The number of nitrogens with zero attached hydrogens (tertiary/aromatic N) is 3. The molecule has 0 radical (unpaired) electrons. The summed E-state index contributed by atoms with van der Waals surface area (Å²) in [7, 11) is 0. The van der Waals surface area contributed by atoms with Crippen molar-refractivity contribution in [3.05, 3.63) is 52.0 Å². The number of anilines is 2. The average Bonchev–Trinajstić information content (AvgIpc) is 3.09. The predicted octanol–water partition coefficient (Wildman–Crippen LogP) is 4.88. The monoisotopic (exact) mass is 447 g/mol. The Balaban J connectivity index is 1.86. The number of ether oxygens (including phenoxy) is 1. The molecule has 0 saturated carbocycles. The van der Waals surface area contributed by atoms with Crippen molar-refractivity contribution >= 4 is 59.9 Å². The second kappa shape index (κ2) is 7.43. The molecule has 0 aliphatic rings. The number of rotatable bonds is 5. The molecule has 0 amide bonds. The molecule has 0 fully saturated rings. The van der Waals surface area contributed by atoms with Crippen molar-refractivity contribution in [2.75, 3.05) is 11.9 Å². The Morgan fingerprint density at radius 1 is 1.26 bits per heavy atom. The minimum absolute atomic E-state index is 0.325. The minimum atomic E-state index is -0.590. The Morgan fingerprint density at radius 3 is 2.85 bits per heavy atom. The van der Waals surface area contributed by atoms with Crippen LogP contribution in [0.5, 0.6) is 0 Å². The third kappa shape index (κ3) is 3.51. The van der Waals surface area contributed by atoms with Gasteiger partial charge in [0, 0.05) is 11.1 Å². The van der Waals surface area contributed by atoms with Gasteiger partial charge in [-0.05, 0) is 37.3 Å². The highest BCUT2D eigenvalue weighted by atomic mass is 79.9. The molecule has 0 spiro atoms. The van der Waals surface area contributed by atoms with Gasteiger partial charge in [-0.2, -0.15) is 0 Å². The van der Waals surface area contributed by atoms with E-state index in [0.717, 1.165) is 21.1 Å². The van der Waals surface area contributed by atoms with Crippen molar-refractivity contribution in [1.82, 2.24) is 15.0 Å². The van der Waals surface area contributed by atoms with Crippen LogP contribution >= 0.6 is 27.3 Å². The second-order valence-electron chi connectivity index (χ2n) is 5.71. The maximum Gasteiger partial charge on any atom is 0.158 e. The van der Waals surface area contributed by atoms with Crippen LogP contribution in [0.3, 0.4) is 0 Å². The van der Waals surface area contributed by atoms with Gasteiger partial charge in [0.15, 0.2) is 6.23 Å². The molecule has 1 unspecified atom stereocenters. The smallest absolute Gasteiger partial charge is 0.158 e. The Morgan fingerprint density at radius 2 is 2.07 bits per heavy atom. The highest BCUT2D eigenvalue weighted by Gasteiger charge is 2.17. The molecule has 4 rings (SSSR count). The highest BCUT2D eigenvalue weighted by molar-refractivity contribution is 9.10. The summed E-state index contributed by atoms with van der Waals surface area (Å²) in [5.74, 6) is 0.124. The molecule has 6 nitrogen and oxygen atoms in total. The van der Waals surface area contributed by atoms with Gasteiger partial charge in [-0.25, -0.2) is 19.3 Å². The summed E-state index contributed by atoms with van der Waals surface area (Å²) in [5.41, 5.74) is 7.86. The molecule has 0 bridgehead atoms. The van der Waals surface area contributed by atoms with Crippen molar-refractivity contribution < 1.29 is 9.13 Å². The summed E-state index contributed by atoms with van der Waals surface area (Å²) in [6.07, 6.45) is 0.855. The molecule has 27 heavy (non-hydrogen) atoms. The van der Waals surface area contributed by atoms with E-state index in [0.29, 0.717) is 27.6 Å². The maximum absolute atomic E-state index is 14.3. The summed E-state index contributed by atoms with van der Waals surface area (Å²) >= 11 is 4.68. The molecule has 0 saturated heterocycles. The normalized spacial score (nSPS) is 12.6. The van der Waals surface area contributed by atoms with Gasteiger partial charge in [-0.1, -0.05) is 15.9 Å². The first-order valence-electron chi connectivity index (χ1n) is 8.20. The van der Waals surface area contributed by atoms with Crippen molar-refractivity contribution in [3.8, 4) is 0 Å². The average molecular weight is 448 g/mol. The molecule has 0 aliphatic heterocycles. The highest BCUT2D eigenvalue weighted by Crippen LogP contribution is 2.36. The Labute approximate surface area is 166 Å². The van der Waals surface area contributed by atoms with Gasteiger partial charge >= 0.3 is 0 Å². The van der Waals surface area contributed by atoms with Crippen molar-refractivity contribution in [2.45, 2.75) is 13.2 Å². The third-order valence-corrected chi connectivity index (χ3v) is 5.59. The fourth-order valence-corrected chi connectivity index (χ4v) is 4.13. The Hall–Kier alpha value is -2.20. The van der Waals surface area contributed by atoms with E-state index in [9.17, 15) is 4.39 Å². The van der Waals surface area contributed by atoms with Gasteiger partial charge in [0.2, 0.25) is 0 Å². The number of thiazole rings is 1. The molecule has 2 aromatic heterocycles. The quantitative estimate of drug-likeness (QED) is 0.424. The SMILES string of the molecule is CCOC(N)c1nc2ccc3ncnc(Nc4ccc(Br)cc4F)c3c2s1. The van der Waals surface area contributed by atoms with Crippen LogP contribution < -0.4 is 11.1 Å². The molecule has 4 aromatic rings. The van der Waals surface area contributed by atoms with Gasteiger partial charge in [0.1, 0.15) is 23.0 Å². The zero-order valence-corrected chi connectivity index (χ0v) is 16.6. The summed E-state index contributed by atoms with van der Waals surface area (Å²) in [6, 6.07) is 8.55. The lowest BCUT2D eigenvalue weighted by molar-refractivity contribution is 0.0674. The third-order valence-electron chi connectivity index (χ3n) is 3.95. The molecule has 3 N–H and O–H groups in total. The Kier molecular flexibility index (Phi) is 5.00. The number of benzene rings is 2. The molecule has 0 aliphatic carbocycles. The zero-order valence-electron chi connectivity index (χ0n) is 14.2. The first-order chi connectivity index (χ1) is 13.1. The van der Waals surface area contributed by atoms with E-state index in [2.05, 4.69) is 36.2 Å². The lowest BCUT2D eigenvalue weighted by atomic mass is 10.2. The van der Waals surface area contributed by atoms with E-state index < -0.39 is 6.23 Å². The van der Waals surface area contributed by atoms with Crippen LogP contribution in [0.4, 0.5) is 15.9 Å². The molecule has 138 valence electrons. The summed E-state index contributed by atoms with van der Waals surface area (Å²) in [5, 5.41) is 4.51. The molecule has 2 aromatic carbocycles. The molecule has 2 heterocycles. The minimum Gasteiger partial charge on any atom is -0.357 e. The van der Waals surface area contributed by atoms with Crippen molar-refractivity contribution in [1.29, 1.82) is 0 Å². The van der Waals surface area contributed by atoms with E-state index in [-0.39, 0.29) is 5.82 Å². The van der Waals surface area contributed by atoms with Crippen LogP contribution in [0, 0.1) is 5.82 Å². The maximum atomic E-state index is 14.3. The second-order valence-corrected chi connectivity index (χ2v) is 7.65. The first kappa shape index (κ1) is 18.2. The van der Waals surface area contributed by atoms with E-state index in [4.69, 9.17) is 10.5 Å². The van der Waals surface area contributed by atoms with Crippen LogP contribution in [0.25, 0.3) is 21.1 Å². The lowest BCUT2D eigenvalue weighted by Gasteiger charge is -2.10. The molecular weight excluding hydrogens is 433 g/mol. The van der Waals surface area contributed by atoms with Crippen molar-refractivity contribution in [3.63, 3.8) is 0 Å².